The summed E-state index contributed by atoms with van der Waals surface area (Å²) in [6, 6.07) is 37.7. The highest BCUT2D eigenvalue weighted by Crippen LogP contribution is 2.28. The van der Waals surface area contributed by atoms with Gasteiger partial charge in [0.1, 0.15) is 31.0 Å². The number of carbonyl (C=O) groups excluding carboxylic acids is 1. The van der Waals surface area contributed by atoms with Crippen LogP contribution in [0.4, 0.5) is 4.79 Å². The van der Waals surface area contributed by atoms with Gasteiger partial charge >= 0.3 is 6.09 Å². The average Bonchev–Trinajstić information content (AvgIpc) is 3.05. The molecule has 43 heavy (non-hydrogen) atoms. The Morgan fingerprint density at radius 1 is 0.628 bits per heavy atom. The van der Waals surface area contributed by atoms with Crippen molar-refractivity contribution in [3.63, 3.8) is 0 Å². The molecule has 0 spiro atoms. The Hall–Kier alpha value is -4.05. The molecule has 5 rings (SSSR count). The van der Waals surface area contributed by atoms with E-state index in [0.717, 1.165) is 22.3 Å². The predicted octanol–water partition coefficient (Wildman–Crippen LogP) is 5.39. The summed E-state index contributed by atoms with van der Waals surface area (Å²) in [5.74, 6) is 0. The first-order valence-corrected chi connectivity index (χ1v) is 14.4. The Labute approximate surface area is 252 Å². The fourth-order valence-corrected chi connectivity index (χ4v) is 4.91. The molecule has 1 aliphatic rings. The third-order valence-electron chi connectivity index (χ3n) is 7.13. The number of carbonyl (C=O) groups is 1. The summed E-state index contributed by atoms with van der Waals surface area (Å²) >= 11 is 0. The number of nitrogens with one attached hydrogen (secondary N) is 1. The number of hydrogen-bond donors (Lipinski definition) is 2. The molecule has 0 saturated carbocycles. The molecule has 1 heterocycles. The van der Waals surface area contributed by atoms with E-state index in [1.165, 1.54) is 0 Å². The first kappa shape index (κ1) is 30.4. The Kier molecular flexibility index (Phi) is 11.3. The first-order valence-electron chi connectivity index (χ1n) is 14.4. The van der Waals surface area contributed by atoms with Gasteiger partial charge in [0, 0.05) is 0 Å². The van der Waals surface area contributed by atoms with E-state index in [1.807, 2.05) is 121 Å². The molecule has 0 unspecified atom stereocenters. The van der Waals surface area contributed by atoms with Gasteiger partial charge < -0.3 is 34.1 Å². The van der Waals surface area contributed by atoms with Gasteiger partial charge in [0.15, 0.2) is 6.29 Å². The van der Waals surface area contributed by atoms with Crippen LogP contribution in [0, 0.1) is 0 Å². The lowest BCUT2D eigenvalue weighted by Gasteiger charge is -2.44. The third kappa shape index (κ3) is 9.22. The molecule has 1 saturated heterocycles. The lowest BCUT2D eigenvalue weighted by molar-refractivity contribution is -0.277. The van der Waals surface area contributed by atoms with Gasteiger partial charge in [-0.15, -0.1) is 0 Å². The van der Waals surface area contributed by atoms with Gasteiger partial charge in [-0.3, -0.25) is 0 Å². The maximum atomic E-state index is 12.9. The van der Waals surface area contributed by atoms with E-state index in [2.05, 4.69) is 5.32 Å². The van der Waals surface area contributed by atoms with Gasteiger partial charge in [-0.2, -0.15) is 0 Å². The molecule has 1 aliphatic heterocycles. The number of alkyl carbamates (subject to hydrolysis) is 1. The molecule has 1 amide bonds. The zero-order valence-electron chi connectivity index (χ0n) is 23.9. The van der Waals surface area contributed by atoms with Gasteiger partial charge in [0.05, 0.1) is 26.4 Å². The summed E-state index contributed by atoms with van der Waals surface area (Å²) in [6.45, 7) is 1.09. The van der Waals surface area contributed by atoms with Gasteiger partial charge in [0.2, 0.25) is 0 Å². The zero-order chi connectivity index (χ0) is 29.7. The van der Waals surface area contributed by atoms with E-state index in [0.29, 0.717) is 6.61 Å². The van der Waals surface area contributed by atoms with Crippen LogP contribution in [0.3, 0.4) is 0 Å². The van der Waals surface area contributed by atoms with Crippen molar-refractivity contribution in [2.75, 3.05) is 6.61 Å². The molecule has 0 aromatic heterocycles. The monoisotopic (exact) mass is 583 g/mol. The van der Waals surface area contributed by atoms with Crippen LogP contribution in [0.15, 0.2) is 121 Å². The molecule has 0 radical (unpaired) electrons. The molecule has 4 aromatic carbocycles. The molecule has 4 aromatic rings. The summed E-state index contributed by atoms with van der Waals surface area (Å²) < 4.78 is 30.4. The minimum atomic E-state index is -1.40. The fourth-order valence-electron chi connectivity index (χ4n) is 4.91. The quantitative estimate of drug-likeness (QED) is 0.218. The molecule has 0 aliphatic carbocycles. The van der Waals surface area contributed by atoms with E-state index in [9.17, 15) is 9.90 Å². The second-order valence-corrected chi connectivity index (χ2v) is 10.3. The van der Waals surface area contributed by atoms with Crippen LogP contribution in [0.1, 0.15) is 22.3 Å². The van der Waals surface area contributed by atoms with Crippen LogP contribution in [-0.4, -0.2) is 48.5 Å². The normalized spacial score (nSPS) is 21.7. The van der Waals surface area contributed by atoms with E-state index >= 15 is 0 Å². The largest absolute Gasteiger partial charge is 0.445 e. The maximum absolute atomic E-state index is 12.9. The van der Waals surface area contributed by atoms with Crippen LogP contribution in [0.5, 0.6) is 0 Å². The highest BCUT2D eigenvalue weighted by molar-refractivity contribution is 5.67. The minimum Gasteiger partial charge on any atom is -0.445 e. The Morgan fingerprint density at radius 3 is 1.58 bits per heavy atom. The van der Waals surface area contributed by atoms with Crippen LogP contribution in [-0.2, 0) is 50.1 Å². The smallest absolute Gasteiger partial charge is 0.407 e. The van der Waals surface area contributed by atoms with Crippen molar-refractivity contribution < 1.29 is 33.6 Å². The number of aliphatic hydroxyl groups is 1. The topological polar surface area (TPSA) is 95.5 Å². The summed E-state index contributed by atoms with van der Waals surface area (Å²) in [6.07, 6.45) is -4.26. The lowest BCUT2D eigenvalue weighted by Crippen LogP contribution is -2.65. The van der Waals surface area contributed by atoms with E-state index in [4.69, 9.17) is 23.7 Å². The standard InChI is InChI=1S/C35H37NO7/c37-34-31(36-35(38)42-24-29-19-11-4-12-20-29)33(41-23-28-17-9-3-10-18-28)32(40-22-27-15-7-2-8-16-27)30(43-34)25-39-21-26-13-5-1-6-14-26/h1-20,30-34,37H,21-25H2,(H,36,38)/t30-,31-,32-,33-,34-/m1/s1. The van der Waals surface area contributed by atoms with Crippen LogP contribution < -0.4 is 5.32 Å². The molecule has 0 bridgehead atoms. The number of benzene rings is 4. The van der Waals surface area contributed by atoms with Crippen LogP contribution in [0.2, 0.25) is 0 Å². The summed E-state index contributed by atoms with van der Waals surface area (Å²) in [5.41, 5.74) is 3.76. The van der Waals surface area contributed by atoms with Crippen molar-refractivity contribution in [1.82, 2.24) is 5.32 Å². The van der Waals surface area contributed by atoms with Crippen molar-refractivity contribution in [3.05, 3.63) is 144 Å². The van der Waals surface area contributed by atoms with Gasteiger partial charge in [-0.1, -0.05) is 121 Å². The average molecular weight is 584 g/mol. The van der Waals surface area contributed by atoms with E-state index < -0.39 is 36.7 Å². The Balaban J connectivity index is 1.34. The summed E-state index contributed by atoms with van der Waals surface area (Å²) in [7, 11) is 0. The van der Waals surface area contributed by atoms with Gasteiger partial charge in [0.25, 0.3) is 0 Å². The van der Waals surface area contributed by atoms with Crippen LogP contribution in [0.25, 0.3) is 0 Å². The van der Waals surface area contributed by atoms with Gasteiger partial charge in [-0.25, -0.2) is 4.79 Å². The number of ether oxygens (including phenoxy) is 5. The van der Waals surface area contributed by atoms with E-state index in [1.54, 1.807) is 0 Å². The number of rotatable bonds is 13. The number of amides is 1. The minimum absolute atomic E-state index is 0.0791. The molecule has 2 N–H and O–H groups in total. The van der Waals surface area contributed by atoms with Crippen molar-refractivity contribution in [2.45, 2.75) is 57.1 Å². The van der Waals surface area contributed by atoms with Crippen molar-refractivity contribution in [3.8, 4) is 0 Å². The molecule has 8 nitrogen and oxygen atoms in total. The second kappa shape index (κ2) is 16.0. The van der Waals surface area contributed by atoms with Crippen molar-refractivity contribution in [2.24, 2.45) is 0 Å². The first-order chi connectivity index (χ1) is 21.2. The molecule has 224 valence electrons. The predicted molar refractivity (Wildman–Crippen MR) is 161 cm³/mol. The molecule has 1 fully saturated rings. The van der Waals surface area contributed by atoms with Crippen molar-refractivity contribution >= 4 is 6.09 Å². The van der Waals surface area contributed by atoms with Crippen LogP contribution >= 0.6 is 0 Å². The summed E-state index contributed by atoms with van der Waals surface area (Å²) in [4.78, 5) is 12.9. The Bertz CT molecular complexity index is 1360. The fraction of sp³-hybridized carbons (Fsp3) is 0.286. The van der Waals surface area contributed by atoms with Gasteiger partial charge in [-0.05, 0) is 22.3 Å². The van der Waals surface area contributed by atoms with E-state index in [-0.39, 0.29) is 26.4 Å². The second-order valence-electron chi connectivity index (χ2n) is 10.3. The molecule has 8 heteroatoms. The third-order valence-corrected chi connectivity index (χ3v) is 7.13. The zero-order valence-corrected chi connectivity index (χ0v) is 23.9. The van der Waals surface area contributed by atoms with Crippen molar-refractivity contribution in [1.29, 1.82) is 0 Å². The molecule has 5 atom stereocenters. The molecular formula is C35H37NO7. The highest BCUT2D eigenvalue weighted by atomic mass is 16.7. The Morgan fingerprint density at radius 2 is 1.07 bits per heavy atom. The highest BCUT2D eigenvalue weighted by Gasteiger charge is 2.48. The summed E-state index contributed by atoms with van der Waals surface area (Å²) in [5, 5.41) is 14.0. The molecular weight excluding hydrogens is 546 g/mol. The SMILES string of the molecule is O=C(N[C@@H]1[C@@H](OCc2ccccc2)[C@H](OCc2ccccc2)[C@@H](COCc2ccccc2)O[C@H]1O)OCc1ccccc1. The lowest BCUT2D eigenvalue weighted by atomic mass is 9.96. The number of aliphatic hydroxyl groups excluding tert-OH is 1. The maximum Gasteiger partial charge on any atom is 0.407 e. The number of hydrogen-bond acceptors (Lipinski definition) is 7.